The van der Waals surface area contributed by atoms with Crippen molar-refractivity contribution in [2.75, 3.05) is 18.1 Å². The quantitative estimate of drug-likeness (QED) is 0.174. The van der Waals surface area contributed by atoms with Gasteiger partial charge in [-0.2, -0.15) is 0 Å². The van der Waals surface area contributed by atoms with E-state index in [1.54, 1.807) is 19.1 Å². The monoisotopic (exact) mass is 591 g/mol. The van der Waals surface area contributed by atoms with E-state index in [1.807, 2.05) is 36.3 Å². The Bertz CT molecular complexity index is 1830. The predicted molar refractivity (Wildman–Crippen MR) is 175 cm³/mol. The van der Waals surface area contributed by atoms with Gasteiger partial charge in [-0.25, -0.2) is 19.7 Å². The molecule has 6 rings (SSSR count). The summed E-state index contributed by atoms with van der Waals surface area (Å²) in [7, 11) is 0. The number of nitrogens with zero attached hydrogens (tertiary/aromatic N) is 4. The number of hydrogen-bond acceptors (Lipinski definition) is 7. The minimum Gasteiger partial charge on any atom is -0.462 e. The number of carbonyl (C=O) groups is 1. The Morgan fingerprint density at radius 2 is 1.93 bits per heavy atom. The second kappa shape index (κ2) is 12.9. The Hall–Kier alpha value is -4.35. The number of hydrogen-bond donors (Lipinski definition) is 1. The number of para-hydroxylation sites is 1. The van der Waals surface area contributed by atoms with Crippen molar-refractivity contribution in [3.05, 3.63) is 89.5 Å². The van der Waals surface area contributed by atoms with Gasteiger partial charge in [0.05, 0.1) is 29.5 Å². The number of nitrogens with two attached hydrogens (primary N) is 1. The molecule has 1 aliphatic heterocycles. The van der Waals surface area contributed by atoms with Gasteiger partial charge in [0.1, 0.15) is 11.2 Å². The Morgan fingerprint density at radius 3 is 2.67 bits per heavy atom. The average molecular weight is 592 g/mol. The fourth-order valence-corrected chi connectivity index (χ4v) is 6.58. The van der Waals surface area contributed by atoms with Crippen molar-refractivity contribution >= 4 is 45.5 Å². The van der Waals surface area contributed by atoms with Crippen LogP contribution in [-0.2, 0) is 16.7 Å². The van der Waals surface area contributed by atoms with Crippen LogP contribution in [0.25, 0.3) is 21.9 Å². The van der Waals surface area contributed by atoms with Gasteiger partial charge < -0.3 is 15.0 Å². The zero-order chi connectivity index (χ0) is 30.6. The normalized spacial score (nSPS) is 13.5. The smallest absolute Gasteiger partial charge is 0.339 e. The second-order valence-electron chi connectivity index (χ2n) is 11.6. The third-order valence-corrected chi connectivity index (χ3v) is 8.42. The average Bonchev–Trinajstić information content (AvgIpc) is 3.41. The van der Waals surface area contributed by atoms with E-state index >= 15 is 0 Å². The van der Waals surface area contributed by atoms with E-state index in [4.69, 9.17) is 10.5 Å². The molecule has 5 aromatic rings. The lowest BCUT2D eigenvalue weighted by atomic mass is 9.81. The van der Waals surface area contributed by atoms with E-state index in [0.29, 0.717) is 29.6 Å². The van der Waals surface area contributed by atoms with E-state index in [9.17, 15) is 4.79 Å². The molecule has 0 bridgehead atoms. The first-order chi connectivity index (χ1) is 20.7. The molecular weight excluding hydrogens is 554 g/mol. The first-order valence-electron chi connectivity index (χ1n) is 14.6. The van der Waals surface area contributed by atoms with E-state index < -0.39 is 0 Å². The van der Waals surface area contributed by atoms with Crippen molar-refractivity contribution in [3.8, 4) is 11.8 Å². The highest BCUT2D eigenvalue weighted by Gasteiger charge is 2.27. The Morgan fingerprint density at radius 1 is 1.12 bits per heavy atom. The number of fused-ring (bicyclic) bond motifs is 4. The van der Waals surface area contributed by atoms with Crippen LogP contribution >= 0.6 is 11.8 Å². The number of benzene rings is 2. The number of thioether (sulfide) groups is 1. The van der Waals surface area contributed by atoms with Gasteiger partial charge in [0.2, 0.25) is 0 Å². The molecule has 2 aromatic carbocycles. The molecule has 0 saturated carbocycles. The fourth-order valence-electron chi connectivity index (χ4n) is 5.09. The number of esters is 1. The van der Waals surface area contributed by atoms with Crippen LogP contribution in [0.2, 0.25) is 0 Å². The van der Waals surface area contributed by atoms with Crippen LogP contribution in [-0.4, -0.2) is 37.8 Å². The molecule has 0 spiro atoms. The highest BCUT2D eigenvalue weighted by atomic mass is 32.2. The van der Waals surface area contributed by atoms with Crippen LogP contribution in [0.3, 0.4) is 0 Å². The lowest BCUT2D eigenvalue weighted by Crippen LogP contribution is -2.22. The van der Waals surface area contributed by atoms with Crippen molar-refractivity contribution < 1.29 is 9.53 Å². The van der Waals surface area contributed by atoms with Crippen LogP contribution in [0.5, 0.6) is 0 Å². The highest BCUT2D eigenvalue weighted by Crippen LogP contribution is 2.41. The van der Waals surface area contributed by atoms with Crippen molar-refractivity contribution in [2.45, 2.75) is 57.9 Å². The van der Waals surface area contributed by atoms with Gasteiger partial charge in [-0.05, 0) is 78.3 Å². The number of nitrogen functional groups attached to an aromatic ring is 1. The molecule has 8 heteroatoms. The van der Waals surface area contributed by atoms with E-state index in [1.165, 1.54) is 28.8 Å². The largest absolute Gasteiger partial charge is 0.462 e. The van der Waals surface area contributed by atoms with E-state index in [0.717, 1.165) is 34.0 Å². The zero-order valence-electron chi connectivity index (χ0n) is 25.3. The van der Waals surface area contributed by atoms with Crippen molar-refractivity contribution in [1.29, 1.82) is 0 Å². The molecule has 0 amide bonds. The summed E-state index contributed by atoms with van der Waals surface area (Å²) in [5.74, 6) is 8.14. The topological polar surface area (TPSA) is 95.9 Å². The van der Waals surface area contributed by atoms with Crippen LogP contribution in [0, 0.1) is 17.8 Å². The van der Waals surface area contributed by atoms with Crippen LogP contribution in [0.4, 0.5) is 5.82 Å². The van der Waals surface area contributed by atoms with E-state index in [2.05, 4.69) is 83.3 Å². The summed E-state index contributed by atoms with van der Waals surface area (Å²) in [6, 6.07) is 17.9. The maximum Gasteiger partial charge on any atom is 0.339 e. The van der Waals surface area contributed by atoms with Crippen LogP contribution < -0.4 is 5.73 Å². The summed E-state index contributed by atoms with van der Waals surface area (Å²) in [6.45, 7) is 12.0. The summed E-state index contributed by atoms with van der Waals surface area (Å²) in [5, 5.41) is 1.11. The van der Waals surface area contributed by atoms with Crippen molar-refractivity contribution in [1.82, 2.24) is 19.5 Å². The maximum absolute atomic E-state index is 11.6. The number of imidazole rings is 1. The Kier molecular flexibility index (Phi) is 9.02. The molecule has 0 atom stereocenters. The molecule has 3 aromatic heterocycles. The summed E-state index contributed by atoms with van der Waals surface area (Å²) >= 11 is 1.92. The maximum atomic E-state index is 11.6. The summed E-state index contributed by atoms with van der Waals surface area (Å²) in [4.78, 5) is 26.0. The van der Waals surface area contributed by atoms with Gasteiger partial charge in [-0.3, -0.25) is 0 Å². The molecule has 0 aliphatic carbocycles. The molecule has 0 fully saturated rings. The standard InChI is InChI=1S/C21H21NO2S.C14H16N4/c1-4-24-20(23)16-7-9-17(22-14-16)8-5-15-6-10-19-18(13-15)21(2,3)11-12-25-19;1-9(2)7-18-8-16-12-13(18)10-5-3-4-6-11(10)17-14(12)15/h6-7,9-10,13-14H,4,11-12H2,1-3H3;3-6,8-9H,7H2,1-2H3,(H2,15,17). The highest BCUT2D eigenvalue weighted by molar-refractivity contribution is 7.99. The van der Waals surface area contributed by atoms with Gasteiger partial charge in [0.25, 0.3) is 0 Å². The first kappa shape index (κ1) is 30.1. The van der Waals surface area contributed by atoms with Crippen molar-refractivity contribution in [2.24, 2.45) is 5.92 Å². The van der Waals surface area contributed by atoms with Crippen LogP contribution in [0.15, 0.2) is 72.0 Å². The third kappa shape index (κ3) is 6.84. The molecule has 220 valence electrons. The summed E-state index contributed by atoms with van der Waals surface area (Å²) in [5.41, 5.74) is 12.4. The lowest BCUT2D eigenvalue weighted by molar-refractivity contribution is 0.0526. The van der Waals surface area contributed by atoms with Gasteiger partial charge in [-0.15, -0.1) is 11.8 Å². The number of anilines is 1. The number of pyridine rings is 2. The zero-order valence-corrected chi connectivity index (χ0v) is 26.2. The Labute approximate surface area is 257 Å². The number of carbonyl (C=O) groups excluding carboxylic acids is 1. The van der Waals surface area contributed by atoms with Gasteiger partial charge in [-0.1, -0.05) is 51.8 Å². The minimum absolute atomic E-state index is 0.192. The molecule has 1 aliphatic rings. The molecule has 0 saturated heterocycles. The van der Waals surface area contributed by atoms with Crippen molar-refractivity contribution in [3.63, 3.8) is 0 Å². The molecule has 4 heterocycles. The molecule has 0 unspecified atom stereocenters. The predicted octanol–water partition coefficient (Wildman–Crippen LogP) is 7.25. The van der Waals surface area contributed by atoms with E-state index in [-0.39, 0.29) is 11.4 Å². The molecule has 7 nitrogen and oxygen atoms in total. The summed E-state index contributed by atoms with van der Waals surface area (Å²) in [6.07, 6.45) is 4.54. The fraction of sp³-hybridized carbons (Fsp3) is 0.314. The molecule has 43 heavy (non-hydrogen) atoms. The second-order valence-corrected chi connectivity index (χ2v) is 12.7. The number of aromatic nitrogens is 4. The third-order valence-electron chi connectivity index (χ3n) is 7.35. The minimum atomic E-state index is -0.357. The van der Waals surface area contributed by atoms with Gasteiger partial charge in [0, 0.05) is 28.6 Å². The SMILES string of the molecule is CC(C)Cn1cnc2c(N)nc3ccccc3c21.CCOC(=O)c1ccc(C#Cc2ccc3c(c2)C(C)(C)CCS3)nc1. The molecule has 0 radical (unpaired) electrons. The molecule has 2 N–H and O–H groups in total. The van der Waals surface area contributed by atoms with Crippen LogP contribution in [0.1, 0.15) is 68.2 Å². The summed E-state index contributed by atoms with van der Waals surface area (Å²) < 4.78 is 7.12. The van der Waals surface area contributed by atoms with Gasteiger partial charge >= 0.3 is 5.97 Å². The number of rotatable bonds is 4. The lowest BCUT2D eigenvalue weighted by Gasteiger charge is -2.32. The molecular formula is C35H37N5O2S. The van der Waals surface area contributed by atoms with Gasteiger partial charge in [0.15, 0.2) is 5.82 Å². The number of ether oxygens (including phenoxy) is 1. The Balaban J connectivity index is 0.000000180. The first-order valence-corrected chi connectivity index (χ1v) is 15.6.